The monoisotopic (exact) mass is 472 g/mol. The fourth-order valence-electron chi connectivity index (χ4n) is 3.66. The van der Waals surface area contributed by atoms with Gasteiger partial charge in [-0.15, -0.1) is 0 Å². The number of hydrogen-bond donors (Lipinski definition) is 2. The summed E-state index contributed by atoms with van der Waals surface area (Å²) in [5, 5.41) is 9.68. The molecule has 4 aromatic rings. The summed E-state index contributed by atoms with van der Waals surface area (Å²) >= 11 is 0. The van der Waals surface area contributed by atoms with Gasteiger partial charge in [0.25, 0.3) is 5.91 Å². The van der Waals surface area contributed by atoms with Crippen LogP contribution in [0.25, 0.3) is 16.6 Å². The maximum atomic E-state index is 13.3. The highest BCUT2D eigenvalue weighted by Gasteiger charge is 2.18. The topological polar surface area (TPSA) is 118 Å². The van der Waals surface area contributed by atoms with E-state index in [1.807, 2.05) is 13.0 Å². The lowest BCUT2D eigenvalue weighted by atomic mass is 10.1. The SMILES string of the molecule is COC(=O)Nc1ccc(-c2cnn3c(C)cc(C(=O)N(C)c4ccc(NC(C)=O)cc4)cc23)cn1. The van der Waals surface area contributed by atoms with Gasteiger partial charge < -0.3 is 15.0 Å². The second kappa shape index (κ2) is 9.64. The lowest BCUT2D eigenvalue weighted by Gasteiger charge is -2.18. The molecule has 3 heterocycles. The summed E-state index contributed by atoms with van der Waals surface area (Å²) in [6.45, 7) is 3.32. The predicted molar refractivity (Wildman–Crippen MR) is 133 cm³/mol. The second-order valence-corrected chi connectivity index (χ2v) is 7.88. The Morgan fingerprint density at radius 3 is 2.37 bits per heavy atom. The summed E-state index contributed by atoms with van der Waals surface area (Å²) in [5.74, 6) is 0.00758. The van der Waals surface area contributed by atoms with Gasteiger partial charge in [-0.2, -0.15) is 5.10 Å². The van der Waals surface area contributed by atoms with Gasteiger partial charge in [-0.1, -0.05) is 0 Å². The highest BCUT2D eigenvalue weighted by Crippen LogP contribution is 2.27. The van der Waals surface area contributed by atoms with Crippen molar-refractivity contribution in [1.29, 1.82) is 0 Å². The van der Waals surface area contributed by atoms with Crippen molar-refractivity contribution in [1.82, 2.24) is 14.6 Å². The Morgan fingerprint density at radius 1 is 1.00 bits per heavy atom. The average Bonchev–Trinajstić information content (AvgIpc) is 3.28. The highest BCUT2D eigenvalue weighted by molar-refractivity contribution is 6.07. The molecule has 10 heteroatoms. The molecule has 0 aliphatic rings. The van der Waals surface area contributed by atoms with Gasteiger partial charge in [-0.25, -0.2) is 14.3 Å². The Balaban J connectivity index is 1.63. The van der Waals surface area contributed by atoms with Gasteiger partial charge >= 0.3 is 6.09 Å². The average molecular weight is 473 g/mol. The number of aryl methyl sites for hydroxylation is 1. The molecule has 0 radical (unpaired) electrons. The van der Waals surface area contributed by atoms with Crippen LogP contribution in [0.3, 0.4) is 0 Å². The molecule has 0 saturated heterocycles. The van der Waals surface area contributed by atoms with Crippen LogP contribution in [0.4, 0.5) is 22.0 Å². The van der Waals surface area contributed by atoms with Crippen molar-refractivity contribution in [3.05, 3.63) is 72.2 Å². The van der Waals surface area contributed by atoms with Crippen molar-refractivity contribution in [2.45, 2.75) is 13.8 Å². The first-order valence-corrected chi connectivity index (χ1v) is 10.7. The van der Waals surface area contributed by atoms with E-state index in [1.165, 1.54) is 14.0 Å². The van der Waals surface area contributed by atoms with Gasteiger partial charge in [0.05, 0.1) is 18.8 Å². The number of ether oxygens (including phenoxy) is 1. The highest BCUT2D eigenvalue weighted by atomic mass is 16.5. The lowest BCUT2D eigenvalue weighted by Crippen LogP contribution is -2.26. The lowest BCUT2D eigenvalue weighted by molar-refractivity contribution is -0.114. The summed E-state index contributed by atoms with van der Waals surface area (Å²) < 4.78 is 6.34. The molecule has 2 N–H and O–H groups in total. The fourth-order valence-corrected chi connectivity index (χ4v) is 3.66. The minimum atomic E-state index is -0.603. The van der Waals surface area contributed by atoms with E-state index in [4.69, 9.17) is 0 Å². The maximum Gasteiger partial charge on any atom is 0.412 e. The third kappa shape index (κ3) is 4.96. The third-order valence-corrected chi connectivity index (χ3v) is 5.41. The summed E-state index contributed by atoms with van der Waals surface area (Å²) in [4.78, 5) is 41.7. The molecule has 0 atom stereocenters. The minimum absolute atomic E-state index is 0.160. The van der Waals surface area contributed by atoms with Crippen LogP contribution in [-0.4, -0.2) is 46.7 Å². The Hall–Kier alpha value is -4.73. The van der Waals surface area contributed by atoms with E-state index in [0.717, 1.165) is 22.3 Å². The second-order valence-electron chi connectivity index (χ2n) is 7.88. The van der Waals surface area contributed by atoms with E-state index in [2.05, 4.69) is 25.5 Å². The molecule has 1 aromatic carbocycles. The van der Waals surface area contributed by atoms with Crippen LogP contribution in [-0.2, 0) is 9.53 Å². The molecule has 0 spiro atoms. The minimum Gasteiger partial charge on any atom is -0.453 e. The number of nitrogens with zero attached hydrogens (tertiary/aromatic N) is 4. The largest absolute Gasteiger partial charge is 0.453 e. The van der Waals surface area contributed by atoms with E-state index >= 15 is 0 Å². The number of hydrogen-bond acceptors (Lipinski definition) is 6. The van der Waals surface area contributed by atoms with Crippen LogP contribution < -0.4 is 15.5 Å². The van der Waals surface area contributed by atoms with Gasteiger partial charge in [0, 0.05) is 53.9 Å². The first-order valence-electron chi connectivity index (χ1n) is 10.7. The normalized spacial score (nSPS) is 10.6. The number of benzene rings is 1. The molecule has 10 nitrogen and oxygen atoms in total. The van der Waals surface area contributed by atoms with Crippen molar-refractivity contribution in [2.24, 2.45) is 0 Å². The number of methoxy groups -OCH3 is 1. The zero-order valence-electron chi connectivity index (χ0n) is 19.7. The molecule has 0 aliphatic heterocycles. The van der Waals surface area contributed by atoms with Gasteiger partial charge in [-0.3, -0.25) is 14.9 Å². The van der Waals surface area contributed by atoms with Crippen LogP contribution >= 0.6 is 0 Å². The molecule has 0 bridgehead atoms. The number of aromatic nitrogens is 3. The van der Waals surface area contributed by atoms with Crippen molar-refractivity contribution in [3.8, 4) is 11.1 Å². The number of carbonyl (C=O) groups excluding carboxylic acids is 3. The molecule has 3 aromatic heterocycles. The molecule has 0 aliphatic carbocycles. The number of amides is 3. The Morgan fingerprint density at radius 2 is 1.74 bits per heavy atom. The Bertz CT molecular complexity index is 1410. The van der Waals surface area contributed by atoms with E-state index in [-0.39, 0.29) is 11.8 Å². The Kier molecular flexibility index (Phi) is 6.45. The van der Waals surface area contributed by atoms with Crippen molar-refractivity contribution in [3.63, 3.8) is 0 Å². The van der Waals surface area contributed by atoms with Crippen molar-refractivity contribution < 1.29 is 19.1 Å². The molecule has 178 valence electrons. The molecule has 4 rings (SSSR count). The van der Waals surface area contributed by atoms with Crippen molar-refractivity contribution >= 4 is 40.6 Å². The number of nitrogens with one attached hydrogen (secondary N) is 2. The molecule has 0 saturated carbocycles. The third-order valence-electron chi connectivity index (χ3n) is 5.41. The molecule has 3 amide bonds. The van der Waals surface area contributed by atoms with E-state index < -0.39 is 6.09 Å². The van der Waals surface area contributed by atoms with Gasteiger partial charge in [-0.05, 0) is 55.5 Å². The summed E-state index contributed by atoms with van der Waals surface area (Å²) in [5.41, 5.74) is 4.96. The van der Waals surface area contributed by atoms with Crippen LogP contribution in [0.5, 0.6) is 0 Å². The number of pyridine rings is 2. The summed E-state index contributed by atoms with van der Waals surface area (Å²) in [6, 6.07) is 14.1. The maximum absolute atomic E-state index is 13.3. The van der Waals surface area contributed by atoms with E-state index in [9.17, 15) is 14.4 Å². The smallest absolute Gasteiger partial charge is 0.412 e. The number of anilines is 3. The summed E-state index contributed by atoms with van der Waals surface area (Å²) in [7, 11) is 2.98. The number of carbonyl (C=O) groups is 3. The first kappa shape index (κ1) is 23.4. The summed E-state index contributed by atoms with van der Waals surface area (Å²) in [6.07, 6.45) is 2.73. The molecule has 0 fully saturated rings. The molecular formula is C25H24N6O4. The van der Waals surface area contributed by atoms with Gasteiger partial charge in [0.2, 0.25) is 5.91 Å². The quantitative estimate of drug-likeness (QED) is 0.451. The first-order chi connectivity index (χ1) is 16.8. The molecule has 0 unspecified atom stereocenters. The van der Waals surface area contributed by atoms with Crippen LogP contribution in [0.15, 0.2) is 60.9 Å². The molecular weight excluding hydrogens is 448 g/mol. The predicted octanol–water partition coefficient (Wildman–Crippen LogP) is 4.12. The van der Waals surface area contributed by atoms with Crippen LogP contribution in [0.2, 0.25) is 0 Å². The molecule has 35 heavy (non-hydrogen) atoms. The Labute approximate surface area is 201 Å². The zero-order valence-corrected chi connectivity index (χ0v) is 19.7. The van der Waals surface area contributed by atoms with E-state index in [1.54, 1.807) is 71.3 Å². The standard InChI is InChI=1S/C25H24N6O4/c1-15-11-18(24(33)30(3)20-8-6-19(7-9-20)28-16(2)32)12-22-21(14-27-31(15)22)17-5-10-23(26-13-17)29-25(34)35-4/h5-14H,1-4H3,(H,28,32)(H,26,29,34). The number of fused-ring (bicyclic) bond motifs is 1. The van der Waals surface area contributed by atoms with Crippen LogP contribution in [0, 0.1) is 6.92 Å². The van der Waals surface area contributed by atoms with Gasteiger partial charge in [0.1, 0.15) is 5.82 Å². The van der Waals surface area contributed by atoms with Crippen molar-refractivity contribution in [2.75, 3.05) is 29.7 Å². The zero-order chi connectivity index (χ0) is 25.1. The van der Waals surface area contributed by atoms with Crippen LogP contribution in [0.1, 0.15) is 23.0 Å². The fraction of sp³-hybridized carbons (Fsp3) is 0.160. The number of rotatable bonds is 5. The van der Waals surface area contributed by atoms with Gasteiger partial charge in [0.15, 0.2) is 0 Å². The van der Waals surface area contributed by atoms with E-state index in [0.29, 0.717) is 22.8 Å².